The number of amides is 2. The van der Waals surface area contributed by atoms with Gasteiger partial charge in [0, 0.05) is 44.8 Å². The molecule has 4 rings (SSSR count). The zero-order valence-electron chi connectivity index (χ0n) is 20.4. The molecular formula is C26H34N4O4S. The van der Waals surface area contributed by atoms with Crippen LogP contribution in [-0.4, -0.2) is 62.2 Å². The molecule has 0 saturated carbocycles. The molecule has 0 bridgehead atoms. The highest BCUT2D eigenvalue weighted by Gasteiger charge is 2.29. The minimum Gasteiger partial charge on any atom is -0.354 e. The molecule has 2 aliphatic rings. The van der Waals surface area contributed by atoms with Gasteiger partial charge in [0.2, 0.25) is 15.9 Å². The number of hydrogen-bond donors (Lipinski definition) is 2. The average Bonchev–Trinajstić information content (AvgIpc) is 2.83. The molecule has 2 saturated heterocycles. The Morgan fingerprint density at radius 3 is 2.43 bits per heavy atom. The molecule has 2 heterocycles. The average molecular weight is 499 g/mol. The number of piperazine rings is 1. The monoisotopic (exact) mass is 498 g/mol. The highest BCUT2D eigenvalue weighted by Crippen LogP contribution is 2.23. The standard InChI is InChI=1S/C26H34N4O4S/c1-19-12-20(2)16-29(15-19)17-22-8-6-21(7-9-22)14-28-26(32)23-4-3-5-24(13-23)35(33,34)30-11-10-27-25(31)18-30/h3-9,13,19-20H,10-12,14-18H2,1-2H3,(H,27,31)(H,28,32)/t19-,20-/m0/s1. The summed E-state index contributed by atoms with van der Waals surface area (Å²) in [7, 11) is -3.85. The molecule has 0 aromatic heterocycles. The van der Waals surface area contributed by atoms with Gasteiger partial charge < -0.3 is 10.6 Å². The van der Waals surface area contributed by atoms with Crippen molar-refractivity contribution < 1.29 is 18.0 Å². The Bertz CT molecular complexity index is 1160. The molecule has 2 amide bonds. The van der Waals surface area contributed by atoms with Crippen molar-refractivity contribution in [1.82, 2.24) is 19.8 Å². The molecule has 2 fully saturated rings. The maximum absolute atomic E-state index is 12.9. The quantitative estimate of drug-likeness (QED) is 0.610. The lowest BCUT2D eigenvalue weighted by Gasteiger charge is -2.35. The fraction of sp³-hybridized carbons (Fsp3) is 0.462. The van der Waals surface area contributed by atoms with E-state index >= 15 is 0 Å². The second-order valence-electron chi connectivity index (χ2n) is 9.86. The van der Waals surface area contributed by atoms with Gasteiger partial charge >= 0.3 is 0 Å². The molecule has 0 aliphatic carbocycles. The summed E-state index contributed by atoms with van der Waals surface area (Å²) in [6, 6.07) is 14.2. The number of nitrogens with one attached hydrogen (secondary N) is 2. The predicted molar refractivity (Wildman–Crippen MR) is 134 cm³/mol. The topological polar surface area (TPSA) is 98.8 Å². The highest BCUT2D eigenvalue weighted by molar-refractivity contribution is 7.89. The van der Waals surface area contributed by atoms with Gasteiger partial charge in [-0.25, -0.2) is 8.42 Å². The number of sulfonamides is 1. The first-order valence-electron chi connectivity index (χ1n) is 12.2. The third-order valence-corrected chi connectivity index (χ3v) is 8.41. The molecule has 35 heavy (non-hydrogen) atoms. The van der Waals surface area contributed by atoms with Crippen molar-refractivity contribution in [2.75, 3.05) is 32.7 Å². The number of benzene rings is 2. The van der Waals surface area contributed by atoms with E-state index < -0.39 is 10.0 Å². The van der Waals surface area contributed by atoms with Crippen molar-refractivity contribution in [1.29, 1.82) is 0 Å². The molecule has 2 aromatic rings. The third-order valence-electron chi connectivity index (χ3n) is 6.56. The molecule has 2 aromatic carbocycles. The second-order valence-corrected chi connectivity index (χ2v) is 11.8. The van der Waals surface area contributed by atoms with E-state index in [0.29, 0.717) is 6.54 Å². The minimum absolute atomic E-state index is 0.00514. The van der Waals surface area contributed by atoms with Crippen LogP contribution in [-0.2, 0) is 27.9 Å². The Morgan fingerprint density at radius 1 is 1.06 bits per heavy atom. The summed E-state index contributed by atoms with van der Waals surface area (Å²) in [4.78, 5) is 26.8. The fourth-order valence-corrected chi connectivity index (χ4v) is 6.44. The Kier molecular flexibility index (Phi) is 7.88. The van der Waals surface area contributed by atoms with Crippen LogP contribution in [0, 0.1) is 11.8 Å². The number of piperidine rings is 1. The SMILES string of the molecule is C[C@H]1C[C@H](C)CN(Cc2ccc(CNC(=O)c3cccc(S(=O)(=O)N4CCNC(=O)C4)c3)cc2)C1. The van der Waals surface area contributed by atoms with Gasteiger partial charge in [-0.1, -0.05) is 44.2 Å². The van der Waals surface area contributed by atoms with Gasteiger partial charge in [0.15, 0.2) is 0 Å². The molecule has 0 spiro atoms. The van der Waals surface area contributed by atoms with Crippen molar-refractivity contribution in [2.24, 2.45) is 11.8 Å². The molecule has 188 valence electrons. The van der Waals surface area contributed by atoms with Gasteiger partial charge in [-0.15, -0.1) is 0 Å². The first-order chi connectivity index (χ1) is 16.7. The van der Waals surface area contributed by atoms with Gasteiger partial charge in [0.05, 0.1) is 11.4 Å². The van der Waals surface area contributed by atoms with Crippen LogP contribution in [0.15, 0.2) is 53.4 Å². The summed E-state index contributed by atoms with van der Waals surface area (Å²) < 4.78 is 27.0. The lowest BCUT2D eigenvalue weighted by Crippen LogP contribution is -2.49. The lowest BCUT2D eigenvalue weighted by molar-refractivity contribution is -0.122. The predicted octanol–water partition coefficient (Wildman–Crippen LogP) is 2.21. The molecule has 2 aliphatic heterocycles. The number of likely N-dealkylation sites (tertiary alicyclic amines) is 1. The van der Waals surface area contributed by atoms with Gasteiger partial charge in [-0.2, -0.15) is 4.31 Å². The summed E-state index contributed by atoms with van der Waals surface area (Å²) in [5.74, 6) is 0.765. The van der Waals surface area contributed by atoms with Gasteiger partial charge in [-0.3, -0.25) is 14.5 Å². The smallest absolute Gasteiger partial charge is 0.251 e. The summed E-state index contributed by atoms with van der Waals surface area (Å²) in [5.41, 5.74) is 2.49. The van der Waals surface area contributed by atoms with Crippen molar-refractivity contribution in [2.45, 2.75) is 38.3 Å². The summed E-state index contributed by atoms with van der Waals surface area (Å²) >= 11 is 0. The Balaban J connectivity index is 1.34. The molecule has 0 unspecified atom stereocenters. The van der Waals surface area contributed by atoms with Crippen LogP contribution >= 0.6 is 0 Å². The van der Waals surface area contributed by atoms with E-state index in [0.717, 1.165) is 41.3 Å². The first kappa shape index (κ1) is 25.3. The molecular weight excluding hydrogens is 464 g/mol. The van der Waals surface area contributed by atoms with Crippen molar-refractivity contribution in [3.63, 3.8) is 0 Å². The van der Waals surface area contributed by atoms with Crippen LogP contribution in [0.4, 0.5) is 0 Å². The number of carbonyl (C=O) groups excluding carboxylic acids is 2. The molecule has 2 atom stereocenters. The maximum atomic E-state index is 12.9. The summed E-state index contributed by atoms with van der Waals surface area (Å²) in [6.45, 7) is 8.41. The van der Waals surface area contributed by atoms with E-state index in [-0.39, 0.29) is 41.9 Å². The number of nitrogens with zero attached hydrogens (tertiary/aromatic N) is 2. The van der Waals surface area contributed by atoms with Crippen molar-refractivity contribution in [3.8, 4) is 0 Å². The zero-order valence-corrected chi connectivity index (χ0v) is 21.2. The fourth-order valence-electron chi connectivity index (χ4n) is 4.99. The van der Waals surface area contributed by atoms with E-state index in [4.69, 9.17) is 0 Å². The first-order valence-corrected chi connectivity index (χ1v) is 13.6. The van der Waals surface area contributed by atoms with Crippen LogP contribution in [0.3, 0.4) is 0 Å². The summed E-state index contributed by atoms with van der Waals surface area (Å²) in [6.07, 6.45) is 1.29. The van der Waals surface area contributed by atoms with E-state index in [9.17, 15) is 18.0 Å². The van der Waals surface area contributed by atoms with Crippen LogP contribution < -0.4 is 10.6 Å². The van der Waals surface area contributed by atoms with Gasteiger partial charge in [0.25, 0.3) is 5.91 Å². The van der Waals surface area contributed by atoms with E-state index in [1.165, 1.54) is 24.1 Å². The molecule has 9 heteroatoms. The van der Waals surface area contributed by atoms with Crippen LogP contribution in [0.2, 0.25) is 0 Å². The zero-order chi connectivity index (χ0) is 25.0. The van der Waals surface area contributed by atoms with Crippen LogP contribution in [0.1, 0.15) is 41.8 Å². The molecule has 2 N–H and O–H groups in total. The van der Waals surface area contributed by atoms with E-state index in [1.54, 1.807) is 12.1 Å². The highest BCUT2D eigenvalue weighted by atomic mass is 32.2. The number of carbonyl (C=O) groups is 2. The molecule has 8 nitrogen and oxygen atoms in total. The van der Waals surface area contributed by atoms with Crippen LogP contribution in [0.25, 0.3) is 0 Å². The number of hydrogen-bond acceptors (Lipinski definition) is 5. The minimum atomic E-state index is -3.85. The Hall–Kier alpha value is -2.75. The lowest BCUT2D eigenvalue weighted by atomic mass is 9.91. The second kappa shape index (κ2) is 10.9. The largest absolute Gasteiger partial charge is 0.354 e. The van der Waals surface area contributed by atoms with Gasteiger partial charge in [0.1, 0.15) is 0 Å². The van der Waals surface area contributed by atoms with Crippen LogP contribution in [0.5, 0.6) is 0 Å². The maximum Gasteiger partial charge on any atom is 0.251 e. The van der Waals surface area contributed by atoms with Crippen molar-refractivity contribution in [3.05, 3.63) is 65.2 Å². The Labute approximate surface area is 207 Å². The van der Waals surface area contributed by atoms with E-state index in [1.807, 2.05) is 12.1 Å². The molecule has 0 radical (unpaired) electrons. The normalized spacial score (nSPS) is 21.9. The third kappa shape index (κ3) is 6.48. The summed E-state index contributed by atoms with van der Waals surface area (Å²) in [5, 5.41) is 5.48. The Morgan fingerprint density at radius 2 is 1.74 bits per heavy atom. The van der Waals surface area contributed by atoms with Gasteiger partial charge in [-0.05, 0) is 47.6 Å². The number of rotatable bonds is 7. The van der Waals surface area contributed by atoms with E-state index in [2.05, 4.69) is 41.5 Å². The van der Waals surface area contributed by atoms with Crippen molar-refractivity contribution >= 4 is 21.8 Å².